The minimum absolute atomic E-state index is 0.145. The molecular formula is C13H20ClFN2. The predicted octanol–water partition coefficient (Wildman–Crippen LogP) is 3.21. The quantitative estimate of drug-likeness (QED) is 0.849. The first-order valence-corrected chi connectivity index (χ1v) is 6.41. The van der Waals surface area contributed by atoms with Gasteiger partial charge in [-0.1, -0.05) is 31.5 Å². The molecule has 0 fully saturated rings. The van der Waals surface area contributed by atoms with E-state index >= 15 is 0 Å². The molecule has 0 radical (unpaired) electrons. The third-order valence-corrected chi connectivity index (χ3v) is 3.24. The van der Waals surface area contributed by atoms with Crippen molar-refractivity contribution in [1.82, 2.24) is 4.90 Å². The van der Waals surface area contributed by atoms with Crippen LogP contribution in [0.15, 0.2) is 18.2 Å². The van der Waals surface area contributed by atoms with Gasteiger partial charge in [0, 0.05) is 17.1 Å². The summed E-state index contributed by atoms with van der Waals surface area (Å²) in [5.41, 5.74) is 6.30. The lowest BCUT2D eigenvalue weighted by atomic mass is 10.0. The van der Waals surface area contributed by atoms with E-state index in [1.807, 2.05) is 6.92 Å². The van der Waals surface area contributed by atoms with Crippen LogP contribution in [0, 0.1) is 5.82 Å². The van der Waals surface area contributed by atoms with E-state index in [2.05, 4.69) is 11.8 Å². The lowest BCUT2D eigenvalue weighted by Gasteiger charge is -2.30. The Hall–Kier alpha value is -0.640. The van der Waals surface area contributed by atoms with Crippen LogP contribution < -0.4 is 5.73 Å². The Balaban J connectivity index is 3.07. The first-order chi connectivity index (χ1) is 8.15. The van der Waals surface area contributed by atoms with E-state index in [1.165, 1.54) is 6.07 Å². The maximum atomic E-state index is 13.9. The number of nitrogens with zero attached hydrogens (tertiary/aromatic N) is 1. The highest BCUT2D eigenvalue weighted by atomic mass is 35.5. The fourth-order valence-corrected chi connectivity index (χ4v) is 2.39. The van der Waals surface area contributed by atoms with Crippen molar-refractivity contribution in [2.24, 2.45) is 5.73 Å². The average Bonchev–Trinajstić information content (AvgIpc) is 2.32. The predicted molar refractivity (Wildman–Crippen MR) is 70.7 cm³/mol. The summed E-state index contributed by atoms with van der Waals surface area (Å²) in [5, 5.41) is 0.454. The zero-order valence-electron chi connectivity index (χ0n) is 10.4. The van der Waals surface area contributed by atoms with Gasteiger partial charge in [-0.05, 0) is 31.6 Å². The highest BCUT2D eigenvalue weighted by molar-refractivity contribution is 6.31. The number of hydrogen-bond acceptors (Lipinski definition) is 2. The van der Waals surface area contributed by atoms with Gasteiger partial charge in [0.1, 0.15) is 5.82 Å². The zero-order chi connectivity index (χ0) is 12.8. The summed E-state index contributed by atoms with van der Waals surface area (Å²) in [6.07, 6.45) is 1.01. The molecule has 0 saturated carbocycles. The van der Waals surface area contributed by atoms with Gasteiger partial charge < -0.3 is 5.73 Å². The fraction of sp³-hybridized carbons (Fsp3) is 0.538. The Morgan fingerprint density at radius 1 is 1.41 bits per heavy atom. The monoisotopic (exact) mass is 258 g/mol. The Labute approximate surface area is 108 Å². The van der Waals surface area contributed by atoms with Crippen molar-refractivity contribution in [3.05, 3.63) is 34.6 Å². The fourth-order valence-electron chi connectivity index (χ4n) is 2.10. The normalized spacial score (nSPS) is 13.1. The van der Waals surface area contributed by atoms with Gasteiger partial charge in [0.15, 0.2) is 0 Å². The van der Waals surface area contributed by atoms with Gasteiger partial charge in [0.2, 0.25) is 0 Å². The number of benzene rings is 1. The molecule has 1 rings (SSSR count). The van der Waals surface area contributed by atoms with Crippen molar-refractivity contribution in [1.29, 1.82) is 0 Å². The number of rotatable bonds is 6. The first kappa shape index (κ1) is 14.4. The molecule has 0 aliphatic carbocycles. The van der Waals surface area contributed by atoms with Crippen LogP contribution in [0.4, 0.5) is 4.39 Å². The largest absolute Gasteiger partial charge is 0.329 e. The van der Waals surface area contributed by atoms with Crippen molar-refractivity contribution in [2.45, 2.75) is 26.3 Å². The van der Waals surface area contributed by atoms with Gasteiger partial charge in [-0.15, -0.1) is 0 Å². The van der Waals surface area contributed by atoms with Crippen LogP contribution >= 0.6 is 11.6 Å². The van der Waals surface area contributed by atoms with Crippen molar-refractivity contribution in [2.75, 3.05) is 19.6 Å². The Morgan fingerprint density at radius 2 is 2.12 bits per heavy atom. The van der Waals surface area contributed by atoms with Crippen LogP contribution in [0.3, 0.4) is 0 Å². The van der Waals surface area contributed by atoms with Crippen LogP contribution in [0.25, 0.3) is 0 Å². The van der Waals surface area contributed by atoms with Gasteiger partial charge in [0.05, 0.1) is 6.04 Å². The molecule has 1 aromatic carbocycles. The van der Waals surface area contributed by atoms with Crippen molar-refractivity contribution in [3.63, 3.8) is 0 Å². The maximum Gasteiger partial charge on any atom is 0.129 e. The highest BCUT2D eigenvalue weighted by Crippen LogP contribution is 2.29. The highest BCUT2D eigenvalue weighted by Gasteiger charge is 2.22. The molecule has 2 N–H and O–H groups in total. The molecule has 17 heavy (non-hydrogen) atoms. The van der Waals surface area contributed by atoms with E-state index in [9.17, 15) is 4.39 Å². The summed E-state index contributed by atoms with van der Waals surface area (Å²) < 4.78 is 13.9. The molecule has 0 saturated heterocycles. The van der Waals surface area contributed by atoms with Crippen LogP contribution in [0.5, 0.6) is 0 Å². The number of likely N-dealkylation sites (N-methyl/N-ethyl adjacent to an activating group) is 1. The second-order valence-electron chi connectivity index (χ2n) is 4.02. The topological polar surface area (TPSA) is 29.3 Å². The molecule has 0 aliphatic rings. The van der Waals surface area contributed by atoms with Crippen LogP contribution in [-0.4, -0.2) is 24.5 Å². The molecular weight excluding hydrogens is 239 g/mol. The van der Waals surface area contributed by atoms with Crippen LogP contribution in [0.2, 0.25) is 5.02 Å². The second kappa shape index (κ2) is 6.94. The summed E-state index contributed by atoms with van der Waals surface area (Å²) >= 11 is 6.08. The summed E-state index contributed by atoms with van der Waals surface area (Å²) in [6, 6.07) is 4.62. The van der Waals surface area contributed by atoms with Gasteiger partial charge >= 0.3 is 0 Å². The smallest absolute Gasteiger partial charge is 0.129 e. The van der Waals surface area contributed by atoms with Gasteiger partial charge in [-0.3, -0.25) is 4.90 Å². The molecule has 2 nitrogen and oxygen atoms in total. The van der Waals surface area contributed by atoms with E-state index < -0.39 is 0 Å². The summed E-state index contributed by atoms with van der Waals surface area (Å²) in [5.74, 6) is -0.275. The Bertz CT molecular complexity index is 337. The standard InChI is InChI=1S/C13H20ClFN2/c1-3-8-17(4-2)12(9-16)13-10(14)6-5-7-11(13)15/h5-7,12H,3-4,8-9,16H2,1-2H3. The number of nitrogens with two attached hydrogens (primary N) is 1. The SMILES string of the molecule is CCCN(CC)C(CN)c1c(F)cccc1Cl. The third kappa shape index (κ3) is 3.41. The van der Waals surface area contributed by atoms with E-state index in [4.69, 9.17) is 17.3 Å². The second-order valence-corrected chi connectivity index (χ2v) is 4.42. The van der Waals surface area contributed by atoms with Crippen molar-refractivity contribution in [3.8, 4) is 0 Å². The van der Waals surface area contributed by atoms with Gasteiger partial charge in [0.25, 0.3) is 0 Å². The lowest BCUT2D eigenvalue weighted by molar-refractivity contribution is 0.209. The number of halogens is 2. The van der Waals surface area contributed by atoms with Crippen molar-refractivity contribution >= 4 is 11.6 Å². The minimum atomic E-state index is -0.275. The molecule has 0 amide bonds. The molecule has 0 spiro atoms. The summed E-state index contributed by atoms with van der Waals surface area (Å²) in [6.45, 7) is 6.24. The lowest BCUT2D eigenvalue weighted by Crippen LogP contribution is -2.35. The minimum Gasteiger partial charge on any atom is -0.329 e. The number of hydrogen-bond donors (Lipinski definition) is 1. The zero-order valence-corrected chi connectivity index (χ0v) is 11.2. The molecule has 0 bridgehead atoms. The van der Waals surface area contributed by atoms with E-state index in [-0.39, 0.29) is 11.9 Å². The third-order valence-electron chi connectivity index (χ3n) is 2.91. The summed E-state index contributed by atoms with van der Waals surface area (Å²) in [7, 11) is 0. The molecule has 4 heteroatoms. The average molecular weight is 259 g/mol. The molecule has 0 aromatic heterocycles. The van der Waals surface area contributed by atoms with E-state index in [0.29, 0.717) is 17.1 Å². The molecule has 1 unspecified atom stereocenters. The molecule has 0 heterocycles. The molecule has 1 atom stereocenters. The molecule has 0 aliphatic heterocycles. The Morgan fingerprint density at radius 3 is 2.59 bits per heavy atom. The van der Waals surface area contributed by atoms with Crippen LogP contribution in [0.1, 0.15) is 31.9 Å². The van der Waals surface area contributed by atoms with Crippen LogP contribution in [-0.2, 0) is 0 Å². The van der Waals surface area contributed by atoms with Gasteiger partial charge in [-0.25, -0.2) is 4.39 Å². The van der Waals surface area contributed by atoms with Crippen molar-refractivity contribution < 1.29 is 4.39 Å². The van der Waals surface area contributed by atoms with E-state index in [1.54, 1.807) is 12.1 Å². The molecule has 96 valence electrons. The summed E-state index contributed by atoms with van der Waals surface area (Å²) in [4.78, 5) is 2.16. The maximum absolute atomic E-state index is 13.9. The molecule has 1 aromatic rings. The first-order valence-electron chi connectivity index (χ1n) is 6.03. The van der Waals surface area contributed by atoms with E-state index in [0.717, 1.165) is 19.5 Å². The van der Waals surface area contributed by atoms with Gasteiger partial charge in [-0.2, -0.15) is 0 Å². The Kier molecular flexibility index (Phi) is 5.89.